The van der Waals surface area contributed by atoms with Crippen molar-refractivity contribution in [3.63, 3.8) is 0 Å². The summed E-state index contributed by atoms with van der Waals surface area (Å²) < 4.78 is 31.6. The van der Waals surface area contributed by atoms with Crippen LogP contribution in [0.1, 0.15) is 34.0 Å². The maximum atomic E-state index is 14.1. The van der Waals surface area contributed by atoms with E-state index in [4.69, 9.17) is 14.2 Å². The summed E-state index contributed by atoms with van der Waals surface area (Å²) >= 11 is 0. The minimum atomic E-state index is -0.383. The molecule has 0 fully saturated rings. The number of para-hydroxylation sites is 1. The average molecular weight is 509 g/mol. The second kappa shape index (κ2) is 10.6. The number of ether oxygens (including phenoxy) is 3. The van der Waals surface area contributed by atoms with E-state index in [-0.39, 0.29) is 24.2 Å². The zero-order chi connectivity index (χ0) is 25.9. The molecule has 0 bridgehead atoms. The van der Waals surface area contributed by atoms with Crippen molar-refractivity contribution in [3.8, 4) is 17.2 Å². The van der Waals surface area contributed by atoms with Crippen molar-refractivity contribution in [1.29, 1.82) is 0 Å². The quantitative estimate of drug-likeness (QED) is 0.245. The molecule has 2 heterocycles. The molecule has 4 aromatic carbocycles. The summed E-state index contributed by atoms with van der Waals surface area (Å²) in [4.78, 5) is 3.65. The second-order valence-electron chi connectivity index (χ2n) is 9.43. The summed E-state index contributed by atoms with van der Waals surface area (Å²) in [6, 6.07) is 28.9. The van der Waals surface area contributed by atoms with Gasteiger partial charge in [-0.25, -0.2) is 4.39 Å². The van der Waals surface area contributed by atoms with E-state index in [1.807, 2.05) is 30.3 Å². The molecular weight excluding hydrogens is 479 g/mol. The molecule has 1 aromatic heterocycles. The Labute approximate surface area is 221 Å². The molecule has 6 heteroatoms. The molecule has 0 saturated heterocycles. The first-order chi connectivity index (χ1) is 18.7. The lowest BCUT2D eigenvalue weighted by Gasteiger charge is -2.25. The fourth-order valence-electron chi connectivity index (χ4n) is 5.13. The van der Waals surface area contributed by atoms with Crippen molar-refractivity contribution in [3.05, 3.63) is 125 Å². The van der Waals surface area contributed by atoms with Gasteiger partial charge in [-0.3, -0.25) is 0 Å². The van der Waals surface area contributed by atoms with Crippen LogP contribution in [0, 0.1) is 5.82 Å². The third-order valence-corrected chi connectivity index (χ3v) is 7.03. The fourth-order valence-corrected chi connectivity index (χ4v) is 5.13. The smallest absolute Gasteiger partial charge is 0.165 e. The predicted octanol–water partition coefficient (Wildman–Crippen LogP) is 6.71. The first-order valence-electron chi connectivity index (χ1n) is 12.8. The number of rotatable bonds is 8. The zero-order valence-corrected chi connectivity index (χ0v) is 21.2. The number of nitrogens with one attached hydrogen (secondary N) is 2. The van der Waals surface area contributed by atoms with Gasteiger partial charge in [0.25, 0.3) is 0 Å². The Hall–Kier alpha value is -4.29. The van der Waals surface area contributed by atoms with Crippen LogP contribution in [0.4, 0.5) is 4.39 Å². The van der Waals surface area contributed by atoms with Crippen LogP contribution in [0.5, 0.6) is 17.2 Å². The SMILES string of the molecule is COc1ccc([C@H]2NCCc3c2[nH]c2ccc(OCc4ccccc4)cc32)cc1COc1ccccc1F. The number of halogens is 1. The highest BCUT2D eigenvalue weighted by atomic mass is 19.1. The normalized spacial score (nSPS) is 14.7. The van der Waals surface area contributed by atoms with Crippen molar-refractivity contribution in [2.75, 3.05) is 13.7 Å². The molecule has 5 aromatic rings. The third kappa shape index (κ3) is 4.83. The molecule has 1 atom stereocenters. The van der Waals surface area contributed by atoms with E-state index in [9.17, 15) is 4.39 Å². The Morgan fingerprint density at radius 3 is 2.53 bits per heavy atom. The summed E-state index contributed by atoms with van der Waals surface area (Å²) in [7, 11) is 1.63. The Bertz CT molecular complexity index is 1560. The zero-order valence-electron chi connectivity index (χ0n) is 21.2. The molecule has 0 aliphatic carbocycles. The Morgan fingerprint density at radius 2 is 1.68 bits per heavy atom. The molecule has 0 saturated carbocycles. The van der Waals surface area contributed by atoms with E-state index in [0.29, 0.717) is 12.4 Å². The van der Waals surface area contributed by atoms with E-state index in [1.54, 1.807) is 25.3 Å². The van der Waals surface area contributed by atoms with Crippen LogP contribution >= 0.6 is 0 Å². The number of hydrogen-bond donors (Lipinski definition) is 2. The van der Waals surface area contributed by atoms with Gasteiger partial charge in [0.2, 0.25) is 0 Å². The highest BCUT2D eigenvalue weighted by Crippen LogP contribution is 2.36. The highest BCUT2D eigenvalue weighted by Gasteiger charge is 2.26. The average Bonchev–Trinajstić information content (AvgIpc) is 3.34. The molecule has 5 nitrogen and oxygen atoms in total. The highest BCUT2D eigenvalue weighted by molar-refractivity contribution is 5.86. The van der Waals surface area contributed by atoms with Gasteiger partial charge in [-0.1, -0.05) is 48.5 Å². The van der Waals surface area contributed by atoms with Crippen molar-refractivity contribution < 1.29 is 18.6 Å². The molecule has 192 valence electrons. The lowest BCUT2D eigenvalue weighted by Crippen LogP contribution is -2.30. The van der Waals surface area contributed by atoms with Crippen LogP contribution in [0.25, 0.3) is 10.9 Å². The number of aromatic amines is 1. The Morgan fingerprint density at radius 1 is 0.842 bits per heavy atom. The first-order valence-corrected chi connectivity index (χ1v) is 12.8. The number of methoxy groups -OCH3 is 1. The molecule has 6 rings (SSSR count). The summed E-state index contributed by atoms with van der Waals surface area (Å²) in [5.41, 5.74) is 6.63. The van der Waals surface area contributed by atoms with Gasteiger partial charge in [0, 0.05) is 28.7 Å². The molecule has 38 heavy (non-hydrogen) atoms. The molecule has 0 radical (unpaired) electrons. The molecular formula is C32H29FN2O3. The Balaban J connectivity index is 1.27. The minimum Gasteiger partial charge on any atom is -0.496 e. The third-order valence-electron chi connectivity index (χ3n) is 7.03. The maximum absolute atomic E-state index is 14.1. The van der Waals surface area contributed by atoms with Crippen LogP contribution in [-0.4, -0.2) is 18.6 Å². The number of hydrogen-bond acceptors (Lipinski definition) is 4. The number of benzene rings is 4. The molecule has 1 aliphatic rings. The van der Waals surface area contributed by atoms with Gasteiger partial charge in [0.15, 0.2) is 11.6 Å². The van der Waals surface area contributed by atoms with E-state index < -0.39 is 0 Å². The maximum Gasteiger partial charge on any atom is 0.165 e. The predicted molar refractivity (Wildman–Crippen MR) is 146 cm³/mol. The van der Waals surface area contributed by atoms with Crippen molar-refractivity contribution in [1.82, 2.24) is 10.3 Å². The monoisotopic (exact) mass is 508 g/mol. The molecule has 0 amide bonds. The van der Waals surface area contributed by atoms with Crippen LogP contribution in [0.3, 0.4) is 0 Å². The standard InChI is InChI=1S/C32H29FN2O3/c1-36-29-14-11-22(17-23(29)20-38-30-10-6-5-9-27(30)33)31-32-25(15-16-34-31)26-18-24(12-13-28(26)35-32)37-19-21-7-3-2-4-8-21/h2-14,17-18,31,34-35H,15-16,19-20H2,1H3/t31-/m1/s1. The summed E-state index contributed by atoms with van der Waals surface area (Å²) in [6.07, 6.45) is 0.924. The van der Waals surface area contributed by atoms with Gasteiger partial charge in [0.05, 0.1) is 13.2 Å². The largest absolute Gasteiger partial charge is 0.496 e. The summed E-state index contributed by atoms with van der Waals surface area (Å²) in [5.74, 6) is 1.40. The number of aromatic nitrogens is 1. The van der Waals surface area contributed by atoms with Crippen LogP contribution < -0.4 is 19.5 Å². The van der Waals surface area contributed by atoms with Gasteiger partial charge in [-0.05, 0) is 65.6 Å². The van der Waals surface area contributed by atoms with E-state index in [2.05, 4.69) is 46.7 Å². The van der Waals surface area contributed by atoms with E-state index in [1.165, 1.54) is 17.0 Å². The molecule has 2 N–H and O–H groups in total. The molecule has 0 spiro atoms. The van der Waals surface area contributed by atoms with Gasteiger partial charge in [-0.15, -0.1) is 0 Å². The molecule has 0 unspecified atom stereocenters. The Kier molecular flexibility index (Phi) is 6.71. The number of fused-ring (bicyclic) bond motifs is 3. The van der Waals surface area contributed by atoms with Gasteiger partial charge < -0.3 is 24.5 Å². The summed E-state index contributed by atoms with van der Waals surface area (Å²) in [6.45, 7) is 1.59. The van der Waals surface area contributed by atoms with Gasteiger partial charge >= 0.3 is 0 Å². The van der Waals surface area contributed by atoms with Crippen LogP contribution in [0.15, 0.2) is 91.0 Å². The van der Waals surface area contributed by atoms with Gasteiger partial charge in [-0.2, -0.15) is 0 Å². The number of H-pyrrole nitrogens is 1. The lowest BCUT2D eigenvalue weighted by molar-refractivity contribution is 0.282. The minimum absolute atomic E-state index is 0.0158. The van der Waals surface area contributed by atoms with Crippen molar-refractivity contribution >= 4 is 10.9 Å². The van der Waals surface area contributed by atoms with Crippen molar-refractivity contribution in [2.24, 2.45) is 0 Å². The van der Waals surface area contributed by atoms with Crippen LogP contribution in [-0.2, 0) is 19.6 Å². The molecule has 1 aliphatic heterocycles. The van der Waals surface area contributed by atoms with E-state index >= 15 is 0 Å². The van der Waals surface area contributed by atoms with Crippen molar-refractivity contribution in [2.45, 2.75) is 25.7 Å². The van der Waals surface area contributed by atoms with Crippen LogP contribution in [0.2, 0.25) is 0 Å². The van der Waals surface area contributed by atoms with Gasteiger partial charge in [0.1, 0.15) is 24.7 Å². The topological polar surface area (TPSA) is 55.5 Å². The first kappa shape index (κ1) is 24.1. The lowest BCUT2D eigenvalue weighted by atomic mass is 9.93. The second-order valence-corrected chi connectivity index (χ2v) is 9.43. The fraction of sp³-hybridized carbons (Fsp3) is 0.188. The summed E-state index contributed by atoms with van der Waals surface area (Å²) in [5, 5.41) is 4.85. The van der Waals surface area contributed by atoms with E-state index in [0.717, 1.165) is 46.6 Å².